The molecule has 1 aliphatic rings. The summed E-state index contributed by atoms with van der Waals surface area (Å²) in [7, 11) is 0.680. The molecule has 130 valence electrons. The zero-order valence-electron chi connectivity index (χ0n) is 14.7. The molecule has 1 atom stereocenters. The van der Waals surface area contributed by atoms with E-state index in [1.165, 1.54) is 0 Å². The number of nitrogens with zero attached hydrogens (tertiary/aromatic N) is 1. The van der Waals surface area contributed by atoms with Gasteiger partial charge in [-0.05, 0) is 45.3 Å². The zero-order valence-corrected chi connectivity index (χ0v) is 15.5. The van der Waals surface area contributed by atoms with E-state index in [9.17, 15) is 13.2 Å². The lowest BCUT2D eigenvalue weighted by atomic mass is 9.84. The molecule has 5 nitrogen and oxygen atoms in total. The van der Waals surface area contributed by atoms with Crippen molar-refractivity contribution in [1.82, 2.24) is 10.2 Å². The quantitative estimate of drug-likeness (QED) is 0.772. The summed E-state index contributed by atoms with van der Waals surface area (Å²) in [6, 6.07) is -0.0267. The minimum Gasteiger partial charge on any atom is -0.352 e. The molecule has 0 spiro atoms. The molecular weight excluding hydrogens is 300 g/mol. The van der Waals surface area contributed by atoms with Gasteiger partial charge in [0, 0.05) is 6.04 Å². The van der Waals surface area contributed by atoms with E-state index in [2.05, 4.69) is 31.0 Å². The molecule has 0 heterocycles. The first-order chi connectivity index (χ1) is 10.0. The summed E-state index contributed by atoms with van der Waals surface area (Å²) in [5.41, 5.74) is -0.0945. The zero-order chi connectivity index (χ0) is 17.0. The van der Waals surface area contributed by atoms with Gasteiger partial charge in [-0.15, -0.1) is 0 Å². The highest BCUT2D eigenvalue weighted by atomic mass is 32.2. The van der Waals surface area contributed by atoms with Crippen molar-refractivity contribution in [3.8, 4) is 0 Å². The van der Waals surface area contributed by atoms with Crippen LogP contribution in [0.25, 0.3) is 0 Å². The second-order valence-corrected chi connectivity index (χ2v) is 10.1. The van der Waals surface area contributed by atoms with Crippen LogP contribution in [-0.2, 0) is 14.6 Å². The maximum atomic E-state index is 12.3. The molecule has 1 N–H and O–H groups in total. The second-order valence-electron chi connectivity index (χ2n) is 7.79. The van der Waals surface area contributed by atoms with Crippen molar-refractivity contribution in [1.29, 1.82) is 0 Å². The molecule has 0 aromatic heterocycles. The Morgan fingerprint density at radius 2 is 1.77 bits per heavy atom. The highest BCUT2D eigenvalue weighted by Gasteiger charge is 2.32. The Hall–Kier alpha value is -0.620. The average Bonchev–Trinajstić information content (AvgIpc) is 2.86. The third-order valence-electron chi connectivity index (χ3n) is 4.39. The summed E-state index contributed by atoms with van der Waals surface area (Å²) in [5.74, 6) is -0.725. The lowest BCUT2D eigenvalue weighted by Gasteiger charge is -2.32. The molecule has 1 amide bonds. The van der Waals surface area contributed by atoms with Crippen molar-refractivity contribution in [3.05, 3.63) is 0 Å². The summed E-state index contributed by atoms with van der Waals surface area (Å²) >= 11 is 0. The number of amides is 1. The van der Waals surface area contributed by atoms with Crippen LogP contribution >= 0.6 is 0 Å². The van der Waals surface area contributed by atoms with Gasteiger partial charge >= 0.3 is 0 Å². The molecule has 0 radical (unpaired) electrons. The molecule has 0 saturated heterocycles. The van der Waals surface area contributed by atoms with Gasteiger partial charge in [-0.1, -0.05) is 33.6 Å². The molecule has 22 heavy (non-hydrogen) atoms. The number of rotatable bonds is 7. The van der Waals surface area contributed by atoms with E-state index in [4.69, 9.17) is 0 Å². The van der Waals surface area contributed by atoms with Crippen LogP contribution in [0.15, 0.2) is 0 Å². The molecule has 1 fully saturated rings. The van der Waals surface area contributed by atoms with Crippen molar-refractivity contribution in [2.45, 2.75) is 64.2 Å². The molecule has 1 rings (SSSR count). The topological polar surface area (TPSA) is 66.5 Å². The summed E-state index contributed by atoms with van der Waals surface area (Å²) in [4.78, 5) is 14.3. The fourth-order valence-corrected chi connectivity index (χ4v) is 4.63. The van der Waals surface area contributed by atoms with Crippen LogP contribution in [0.1, 0.15) is 52.9 Å². The lowest BCUT2D eigenvalue weighted by Crippen LogP contribution is -2.47. The summed E-state index contributed by atoms with van der Waals surface area (Å²) in [6.45, 7) is 7.06. The van der Waals surface area contributed by atoms with E-state index in [0.29, 0.717) is 12.8 Å². The fraction of sp³-hybridized carbons (Fsp3) is 0.938. The molecule has 1 aliphatic carbocycles. The largest absolute Gasteiger partial charge is 0.352 e. The van der Waals surface area contributed by atoms with E-state index in [1.807, 2.05) is 14.1 Å². The first kappa shape index (κ1) is 19.4. The Labute approximate surface area is 135 Å². The molecule has 1 saturated carbocycles. The van der Waals surface area contributed by atoms with Crippen LogP contribution < -0.4 is 5.32 Å². The molecule has 0 bridgehead atoms. The van der Waals surface area contributed by atoms with Gasteiger partial charge in [-0.3, -0.25) is 4.79 Å². The SMILES string of the molecule is CN(C)CC[C@H](NC(=O)CS(=O)(=O)C1CCCC1)C(C)(C)C. The smallest absolute Gasteiger partial charge is 0.235 e. The van der Waals surface area contributed by atoms with Gasteiger partial charge in [0.1, 0.15) is 5.75 Å². The predicted octanol–water partition coefficient (Wildman–Crippen LogP) is 1.83. The van der Waals surface area contributed by atoms with Gasteiger partial charge < -0.3 is 10.2 Å². The highest BCUT2D eigenvalue weighted by molar-refractivity contribution is 7.92. The van der Waals surface area contributed by atoms with E-state index in [0.717, 1.165) is 25.8 Å². The molecule has 0 aromatic rings. The number of hydrogen-bond donors (Lipinski definition) is 1. The van der Waals surface area contributed by atoms with E-state index in [1.54, 1.807) is 0 Å². The third kappa shape index (κ3) is 6.24. The van der Waals surface area contributed by atoms with Crippen LogP contribution in [0.3, 0.4) is 0 Å². The predicted molar refractivity (Wildman–Crippen MR) is 90.6 cm³/mol. The maximum absolute atomic E-state index is 12.3. The molecule has 6 heteroatoms. The number of hydrogen-bond acceptors (Lipinski definition) is 4. The first-order valence-corrected chi connectivity index (χ1v) is 9.89. The average molecular weight is 333 g/mol. The maximum Gasteiger partial charge on any atom is 0.235 e. The fourth-order valence-electron chi connectivity index (χ4n) is 2.89. The van der Waals surface area contributed by atoms with Crippen molar-refractivity contribution in [3.63, 3.8) is 0 Å². The van der Waals surface area contributed by atoms with E-state index >= 15 is 0 Å². The van der Waals surface area contributed by atoms with Gasteiger partial charge in [0.2, 0.25) is 5.91 Å². The summed E-state index contributed by atoms with van der Waals surface area (Å²) in [5, 5.41) is 2.64. The Bertz CT molecular complexity index is 460. The highest BCUT2D eigenvalue weighted by Crippen LogP contribution is 2.26. The monoisotopic (exact) mass is 332 g/mol. The van der Waals surface area contributed by atoms with Crippen molar-refractivity contribution >= 4 is 15.7 Å². The van der Waals surface area contributed by atoms with Crippen molar-refractivity contribution in [2.24, 2.45) is 5.41 Å². The normalized spacial score (nSPS) is 18.6. The minimum absolute atomic E-state index is 0.0267. The Morgan fingerprint density at radius 1 is 1.23 bits per heavy atom. The minimum atomic E-state index is -3.30. The van der Waals surface area contributed by atoms with Gasteiger partial charge in [-0.2, -0.15) is 0 Å². The van der Waals surface area contributed by atoms with Crippen LogP contribution in [0.2, 0.25) is 0 Å². The van der Waals surface area contributed by atoms with Crippen LogP contribution in [0.5, 0.6) is 0 Å². The molecular formula is C16H32N2O3S. The standard InChI is InChI=1S/C16H32N2O3S/c1-16(2,3)14(10-11-18(4)5)17-15(19)12-22(20,21)13-8-6-7-9-13/h13-14H,6-12H2,1-5H3,(H,17,19)/t14-/m0/s1. The van der Waals surface area contributed by atoms with Crippen LogP contribution in [0.4, 0.5) is 0 Å². The van der Waals surface area contributed by atoms with Gasteiger partial charge in [0.25, 0.3) is 0 Å². The lowest BCUT2D eigenvalue weighted by molar-refractivity contribution is -0.120. The molecule has 0 aromatic carbocycles. The van der Waals surface area contributed by atoms with Crippen molar-refractivity contribution in [2.75, 3.05) is 26.4 Å². The summed E-state index contributed by atoms with van der Waals surface area (Å²) < 4.78 is 24.5. The van der Waals surface area contributed by atoms with Gasteiger partial charge in [0.05, 0.1) is 5.25 Å². The number of nitrogens with one attached hydrogen (secondary N) is 1. The Balaban J connectivity index is 2.62. The van der Waals surface area contributed by atoms with Gasteiger partial charge in [0.15, 0.2) is 9.84 Å². The van der Waals surface area contributed by atoms with E-state index in [-0.39, 0.29) is 28.4 Å². The Morgan fingerprint density at radius 3 is 2.23 bits per heavy atom. The summed E-state index contributed by atoms with van der Waals surface area (Å²) in [6.07, 6.45) is 4.14. The van der Waals surface area contributed by atoms with Gasteiger partial charge in [-0.25, -0.2) is 8.42 Å². The number of sulfone groups is 1. The molecule has 0 aliphatic heterocycles. The second kappa shape index (κ2) is 7.77. The number of carbonyl (C=O) groups excluding carboxylic acids is 1. The van der Waals surface area contributed by atoms with E-state index < -0.39 is 9.84 Å². The van der Waals surface area contributed by atoms with Crippen LogP contribution in [-0.4, -0.2) is 56.9 Å². The Kier molecular flexibility index (Phi) is 6.86. The third-order valence-corrected chi connectivity index (χ3v) is 6.54. The van der Waals surface area contributed by atoms with Crippen LogP contribution in [0, 0.1) is 5.41 Å². The van der Waals surface area contributed by atoms with Crippen molar-refractivity contribution < 1.29 is 13.2 Å². The number of carbonyl (C=O) groups is 1. The first-order valence-electron chi connectivity index (χ1n) is 8.18. The molecule has 0 unspecified atom stereocenters.